The standard InChI is InChI=1S/C14H13N3O2S/c1-18-13-9(3-2-6-16-13)8-20-14-17-11-7-10(15)4-5-12(11)19-14/h2-7H,8,15H2,1H3. The first-order valence-electron chi connectivity index (χ1n) is 6.03. The predicted octanol–water partition coefficient (Wildman–Crippen LogP) is 3.11. The van der Waals surface area contributed by atoms with Gasteiger partial charge >= 0.3 is 0 Å². The normalized spacial score (nSPS) is 10.8. The summed E-state index contributed by atoms with van der Waals surface area (Å²) in [6.45, 7) is 0. The van der Waals surface area contributed by atoms with E-state index in [2.05, 4.69) is 9.97 Å². The number of fused-ring (bicyclic) bond motifs is 1. The van der Waals surface area contributed by atoms with Crippen LogP contribution in [0, 0.1) is 0 Å². The molecule has 102 valence electrons. The second-order valence-electron chi connectivity index (χ2n) is 4.17. The number of thioether (sulfide) groups is 1. The highest BCUT2D eigenvalue weighted by Crippen LogP contribution is 2.29. The summed E-state index contributed by atoms with van der Waals surface area (Å²) in [6, 6.07) is 9.27. The van der Waals surface area contributed by atoms with E-state index in [0.717, 1.165) is 16.7 Å². The van der Waals surface area contributed by atoms with E-state index in [0.29, 0.717) is 22.5 Å². The summed E-state index contributed by atoms with van der Waals surface area (Å²) in [6.07, 6.45) is 1.70. The molecule has 1 aromatic carbocycles. The van der Waals surface area contributed by atoms with Gasteiger partial charge in [0, 0.05) is 23.2 Å². The Kier molecular flexibility index (Phi) is 3.47. The molecule has 0 amide bonds. The van der Waals surface area contributed by atoms with Crippen LogP contribution in [-0.2, 0) is 5.75 Å². The van der Waals surface area contributed by atoms with Gasteiger partial charge < -0.3 is 14.9 Å². The zero-order valence-electron chi connectivity index (χ0n) is 10.9. The maximum absolute atomic E-state index is 5.72. The number of hydrogen-bond donors (Lipinski definition) is 1. The summed E-state index contributed by atoms with van der Waals surface area (Å²) in [5, 5.41) is 0.608. The van der Waals surface area contributed by atoms with E-state index in [1.165, 1.54) is 11.8 Å². The van der Waals surface area contributed by atoms with E-state index < -0.39 is 0 Å². The zero-order chi connectivity index (χ0) is 13.9. The molecule has 0 fully saturated rings. The monoisotopic (exact) mass is 287 g/mol. The van der Waals surface area contributed by atoms with Gasteiger partial charge in [0.2, 0.25) is 5.88 Å². The maximum Gasteiger partial charge on any atom is 0.257 e. The topological polar surface area (TPSA) is 74.2 Å². The van der Waals surface area contributed by atoms with E-state index in [1.54, 1.807) is 25.4 Å². The molecule has 3 rings (SSSR count). The van der Waals surface area contributed by atoms with E-state index in [1.807, 2.05) is 18.2 Å². The highest BCUT2D eigenvalue weighted by atomic mass is 32.2. The minimum Gasteiger partial charge on any atom is -0.481 e. The molecule has 2 N–H and O–H groups in total. The van der Waals surface area contributed by atoms with Crippen LogP contribution in [-0.4, -0.2) is 17.1 Å². The van der Waals surface area contributed by atoms with Gasteiger partial charge in [0.15, 0.2) is 5.58 Å². The van der Waals surface area contributed by atoms with E-state index in [4.69, 9.17) is 14.9 Å². The lowest BCUT2D eigenvalue weighted by Crippen LogP contribution is -1.92. The minimum atomic E-state index is 0.608. The summed E-state index contributed by atoms with van der Waals surface area (Å²) in [5.74, 6) is 1.31. The number of oxazole rings is 1. The van der Waals surface area contributed by atoms with Crippen LogP contribution >= 0.6 is 11.8 Å². The number of methoxy groups -OCH3 is 1. The Bertz CT molecular complexity index is 742. The predicted molar refractivity (Wildman–Crippen MR) is 78.8 cm³/mol. The molecule has 0 saturated heterocycles. The number of anilines is 1. The number of ether oxygens (including phenoxy) is 1. The number of aromatic nitrogens is 2. The molecule has 0 aliphatic carbocycles. The van der Waals surface area contributed by atoms with Crippen molar-refractivity contribution in [3.8, 4) is 5.88 Å². The molecule has 0 spiro atoms. The number of hydrogen-bond acceptors (Lipinski definition) is 6. The van der Waals surface area contributed by atoms with Gasteiger partial charge in [-0.15, -0.1) is 0 Å². The van der Waals surface area contributed by atoms with Crippen molar-refractivity contribution >= 4 is 28.5 Å². The lowest BCUT2D eigenvalue weighted by molar-refractivity contribution is 0.394. The van der Waals surface area contributed by atoms with Gasteiger partial charge in [0.05, 0.1) is 7.11 Å². The fourth-order valence-electron chi connectivity index (χ4n) is 1.84. The maximum atomic E-state index is 5.72. The first-order chi connectivity index (χ1) is 9.76. The Morgan fingerprint density at radius 3 is 3.10 bits per heavy atom. The quantitative estimate of drug-likeness (QED) is 0.587. The third-order valence-electron chi connectivity index (χ3n) is 2.79. The molecule has 6 heteroatoms. The molecule has 0 aliphatic heterocycles. The van der Waals surface area contributed by atoms with Gasteiger partial charge in [0.25, 0.3) is 5.22 Å². The largest absolute Gasteiger partial charge is 0.481 e. The first kappa shape index (κ1) is 12.8. The number of nitrogen functional groups attached to an aromatic ring is 1. The van der Waals surface area contributed by atoms with Crippen molar-refractivity contribution < 1.29 is 9.15 Å². The van der Waals surface area contributed by atoms with Gasteiger partial charge in [-0.05, 0) is 24.3 Å². The number of benzene rings is 1. The Labute approximate surface area is 120 Å². The van der Waals surface area contributed by atoms with Crippen molar-refractivity contribution in [2.24, 2.45) is 0 Å². The minimum absolute atomic E-state index is 0.608. The van der Waals surface area contributed by atoms with E-state index in [9.17, 15) is 0 Å². The summed E-state index contributed by atoms with van der Waals surface area (Å²) in [7, 11) is 1.61. The second kappa shape index (κ2) is 5.42. The number of nitrogens with two attached hydrogens (primary N) is 1. The number of nitrogens with zero attached hydrogens (tertiary/aromatic N) is 2. The van der Waals surface area contributed by atoms with Crippen LogP contribution in [0.15, 0.2) is 46.2 Å². The Morgan fingerprint density at radius 1 is 1.35 bits per heavy atom. The summed E-state index contributed by atoms with van der Waals surface area (Å²) in [5.41, 5.74) is 8.91. The highest BCUT2D eigenvalue weighted by Gasteiger charge is 2.09. The molecule has 20 heavy (non-hydrogen) atoms. The highest BCUT2D eigenvalue weighted by molar-refractivity contribution is 7.98. The van der Waals surface area contributed by atoms with Gasteiger partial charge in [-0.25, -0.2) is 9.97 Å². The molecule has 0 bridgehead atoms. The van der Waals surface area contributed by atoms with Crippen LogP contribution in [0.2, 0.25) is 0 Å². The van der Waals surface area contributed by atoms with Crippen LogP contribution in [0.1, 0.15) is 5.56 Å². The molecule has 0 aliphatic rings. The third-order valence-corrected chi connectivity index (χ3v) is 3.66. The number of pyridine rings is 1. The van der Waals surface area contributed by atoms with Gasteiger partial charge in [-0.2, -0.15) is 0 Å². The third kappa shape index (κ3) is 2.55. The van der Waals surface area contributed by atoms with Crippen LogP contribution in [0.4, 0.5) is 5.69 Å². The summed E-state index contributed by atoms with van der Waals surface area (Å²) in [4.78, 5) is 8.56. The molecule has 0 radical (unpaired) electrons. The van der Waals surface area contributed by atoms with Crippen LogP contribution in [0.5, 0.6) is 5.88 Å². The van der Waals surface area contributed by atoms with Crippen molar-refractivity contribution in [3.63, 3.8) is 0 Å². The Morgan fingerprint density at radius 2 is 2.25 bits per heavy atom. The molecular weight excluding hydrogens is 274 g/mol. The van der Waals surface area contributed by atoms with Crippen molar-refractivity contribution in [2.75, 3.05) is 12.8 Å². The number of rotatable bonds is 4. The second-order valence-corrected chi connectivity index (χ2v) is 5.09. The van der Waals surface area contributed by atoms with Crippen molar-refractivity contribution in [1.29, 1.82) is 0 Å². The SMILES string of the molecule is COc1ncccc1CSc1nc2cc(N)ccc2o1. The van der Waals surface area contributed by atoms with Crippen LogP contribution in [0.3, 0.4) is 0 Å². The van der Waals surface area contributed by atoms with Gasteiger partial charge in [-0.1, -0.05) is 17.8 Å². The fourth-order valence-corrected chi connectivity index (χ4v) is 2.65. The molecule has 0 atom stereocenters. The Balaban J connectivity index is 1.79. The Hall–Kier alpha value is -2.21. The van der Waals surface area contributed by atoms with E-state index in [-0.39, 0.29) is 0 Å². The molecule has 3 aromatic rings. The average Bonchev–Trinajstić information content (AvgIpc) is 2.87. The van der Waals surface area contributed by atoms with Crippen molar-refractivity contribution in [3.05, 3.63) is 42.1 Å². The molecular formula is C14H13N3O2S. The molecule has 2 aromatic heterocycles. The molecule has 2 heterocycles. The van der Waals surface area contributed by atoms with Crippen molar-refractivity contribution in [1.82, 2.24) is 9.97 Å². The van der Waals surface area contributed by atoms with Crippen molar-refractivity contribution in [2.45, 2.75) is 11.0 Å². The zero-order valence-corrected chi connectivity index (χ0v) is 11.7. The summed E-state index contributed by atoms with van der Waals surface area (Å²) >= 11 is 1.50. The fraction of sp³-hybridized carbons (Fsp3) is 0.143. The summed E-state index contributed by atoms with van der Waals surface area (Å²) < 4.78 is 10.9. The van der Waals surface area contributed by atoms with Gasteiger partial charge in [-0.3, -0.25) is 0 Å². The average molecular weight is 287 g/mol. The van der Waals surface area contributed by atoms with Gasteiger partial charge in [0.1, 0.15) is 5.52 Å². The lowest BCUT2D eigenvalue weighted by atomic mass is 10.3. The lowest BCUT2D eigenvalue weighted by Gasteiger charge is -2.04. The smallest absolute Gasteiger partial charge is 0.257 e. The molecule has 0 unspecified atom stereocenters. The molecule has 5 nitrogen and oxygen atoms in total. The van der Waals surface area contributed by atoms with E-state index >= 15 is 0 Å². The first-order valence-corrected chi connectivity index (χ1v) is 7.01. The molecule has 0 saturated carbocycles. The van der Waals surface area contributed by atoms with Crippen LogP contribution in [0.25, 0.3) is 11.1 Å². The van der Waals surface area contributed by atoms with Crippen LogP contribution < -0.4 is 10.5 Å².